The smallest absolute Gasteiger partial charge is 0.169 e. The summed E-state index contributed by atoms with van der Waals surface area (Å²) in [6.07, 6.45) is 2.11. The SMILES string of the molecule is C[C@@H]1CN(C(=S)NCc2ccco2)C[C@H](C)O1. The molecule has 0 aliphatic carbocycles. The zero-order chi connectivity index (χ0) is 12.3. The molecule has 1 N–H and O–H groups in total. The van der Waals surface area contributed by atoms with E-state index in [0.29, 0.717) is 6.54 Å². The summed E-state index contributed by atoms with van der Waals surface area (Å²) in [5, 5.41) is 3.97. The topological polar surface area (TPSA) is 37.6 Å². The molecule has 2 heterocycles. The van der Waals surface area contributed by atoms with E-state index in [2.05, 4.69) is 24.1 Å². The molecule has 0 amide bonds. The summed E-state index contributed by atoms with van der Waals surface area (Å²) in [7, 11) is 0. The first kappa shape index (κ1) is 12.4. The molecule has 94 valence electrons. The molecule has 1 fully saturated rings. The summed E-state index contributed by atoms with van der Waals surface area (Å²) in [6, 6.07) is 3.80. The standard InChI is InChI=1S/C12H18N2O2S/c1-9-7-14(8-10(2)16-9)12(17)13-6-11-4-3-5-15-11/h3-5,9-10H,6-8H2,1-2H3,(H,13,17)/t9-,10+. The molecule has 1 saturated heterocycles. The van der Waals surface area contributed by atoms with Gasteiger partial charge < -0.3 is 19.4 Å². The second-order valence-corrected chi connectivity index (χ2v) is 4.79. The molecule has 0 bridgehead atoms. The molecule has 2 rings (SSSR count). The molecule has 17 heavy (non-hydrogen) atoms. The molecular weight excluding hydrogens is 236 g/mol. The normalized spacial score (nSPS) is 24.7. The van der Waals surface area contributed by atoms with Crippen molar-refractivity contribution in [2.24, 2.45) is 0 Å². The molecule has 4 nitrogen and oxygen atoms in total. The number of hydrogen-bond acceptors (Lipinski definition) is 3. The van der Waals surface area contributed by atoms with Crippen molar-refractivity contribution in [1.82, 2.24) is 10.2 Å². The lowest BCUT2D eigenvalue weighted by Crippen LogP contribution is -2.51. The molecule has 1 aliphatic heterocycles. The predicted octanol–water partition coefficient (Wildman–Crippen LogP) is 1.76. The zero-order valence-electron chi connectivity index (χ0n) is 10.2. The van der Waals surface area contributed by atoms with E-state index in [9.17, 15) is 0 Å². The molecule has 1 aliphatic rings. The van der Waals surface area contributed by atoms with Crippen LogP contribution in [0.2, 0.25) is 0 Å². The highest BCUT2D eigenvalue weighted by molar-refractivity contribution is 7.80. The van der Waals surface area contributed by atoms with Gasteiger partial charge >= 0.3 is 0 Å². The van der Waals surface area contributed by atoms with Crippen LogP contribution < -0.4 is 5.32 Å². The Hall–Kier alpha value is -1.07. The third kappa shape index (κ3) is 3.44. The summed E-state index contributed by atoms with van der Waals surface area (Å²) >= 11 is 5.37. The average Bonchev–Trinajstić information content (AvgIpc) is 2.77. The Bertz CT molecular complexity index is 357. The van der Waals surface area contributed by atoms with Crippen LogP contribution in [0.4, 0.5) is 0 Å². The van der Waals surface area contributed by atoms with E-state index >= 15 is 0 Å². The first-order valence-electron chi connectivity index (χ1n) is 5.86. The van der Waals surface area contributed by atoms with Crippen LogP contribution in [0.3, 0.4) is 0 Å². The Labute approximate surface area is 107 Å². The minimum atomic E-state index is 0.224. The third-order valence-electron chi connectivity index (χ3n) is 2.70. The van der Waals surface area contributed by atoms with Gasteiger partial charge in [-0.05, 0) is 38.2 Å². The van der Waals surface area contributed by atoms with Crippen molar-refractivity contribution in [3.8, 4) is 0 Å². The minimum Gasteiger partial charge on any atom is -0.467 e. The minimum absolute atomic E-state index is 0.224. The summed E-state index contributed by atoms with van der Waals surface area (Å²) < 4.78 is 10.9. The molecule has 1 aromatic rings. The van der Waals surface area contributed by atoms with Crippen LogP contribution in [-0.2, 0) is 11.3 Å². The van der Waals surface area contributed by atoms with Crippen LogP contribution >= 0.6 is 12.2 Å². The maximum absolute atomic E-state index is 5.67. The predicted molar refractivity (Wildman–Crippen MR) is 69.7 cm³/mol. The highest BCUT2D eigenvalue weighted by atomic mass is 32.1. The highest BCUT2D eigenvalue weighted by Crippen LogP contribution is 2.11. The van der Waals surface area contributed by atoms with Crippen LogP contribution in [0.5, 0.6) is 0 Å². The Morgan fingerprint density at radius 3 is 2.76 bits per heavy atom. The summed E-state index contributed by atoms with van der Waals surface area (Å²) in [6.45, 7) is 6.45. The van der Waals surface area contributed by atoms with Gasteiger partial charge in [-0.1, -0.05) is 0 Å². The molecule has 1 aromatic heterocycles. The van der Waals surface area contributed by atoms with E-state index in [1.54, 1.807) is 6.26 Å². The number of morpholine rings is 1. The number of nitrogens with one attached hydrogen (secondary N) is 1. The van der Waals surface area contributed by atoms with E-state index < -0.39 is 0 Å². The highest BCUT2D eigenvalue weighted by Gasteiger charge is 2.23. The molecule has 0 aromatic carbocycles. The number of ether oxygens (including phenoxy) is 1. The van der Waals surface area contributed by atoms with Crippen molar-refractivity contribution in [2.45, 2.75) is 32.6 Å². The van der Waals surface area contributed by atoms with Crippen molar-refractivity contribution in [3.05, 3.63) is 24.2 Å². The molecule has 0 unspecified atom stereocenters. The van der Waals surface area contributed by atoms with Gasteiger partial charge in [0, 0.05) is 13.1 Å². The Kier molecular flexibility index (Phi) is 4.02. The van der Waals surface area contributed by atoms with Gasteiger partial charge in [-0.2, -0.15) is 0 Å². The third-order valence-corrected chi connectivity index (χ3v) is 3.10. The van der Waals surface area contributed by atoms with Gasteiger partial charge in [-0.15, -0.1) is 0 Å². The van der Waals surface area contributed by atoms with E-state index in [1.165, 1.54) is 0 Å². The fraction of sp³-hybridized carbons (Fsp3) is 0.583. The number of rotatable bonds is 2. The second kappa shape index (κ2) is 5.51. The first-order valence-corrected chi connectivity index (χ1v) is 6.26. The van der Waals surface area contributed by atoms with Gasteiger partial charge in [0.1, 0.15) is 5.76 Å². The number of thiocarbonyl (C=S) groups is 1. The van der Waals surface area contributed by atoms with Crippen molar-refractivity contribution >= 4 is 17.3 Å². The van der Waals surface area contributed by atoms with Gasteiger partial charge in [-0.25, -0.2) is 0 Å². The van der Waals surface area contributed by atoms with Crippen molar-refractivity contribution in [1.29, 1.82) is 0 Å². The molecule has 0 spiro atoms. The van der Waals surface area contributed by atoms with Crippen LogP contribution in [-0.4, -0.2) is 35.3 Å². The maximum Gasteiger partial charge on any atom is 0.169 e. The monoisotopic (exact) mass is 254 g/mol. The lowest BCUT2D eigenvalue weighted by molar-refractivity contribution is -0.0482. The Balaban J connectivity index is 1.83. The van der Waals surface area contributed by atoms with Gasteiger partial charge in [0.15, 0.2) is 5.11 Å². The lowest BCUT2D eigenvalue weighted by Gasteiger charge is -2.36. The quantitative estimate of drug-likeness (QED) is 0.814. The van der Waals surface area contributed by atoms with Crippen molar-refractivity contribution in [3.63, 3.8) is 0 Å². The average molecular weight is 254 g/mol. The van der Waals surface area contributed by atoms with E-state index in [0.717, 1.165) is 24.0 Å². The number of hydrogen-bond donors (Lipinski definition) is 1. The van der Waals surface area contributed by atoms with Crippen LogP contribution in [0.25, 0.3) is 0 Å². The summed E-state index contributed by atoms with van der Waals surface area (Å²) in [5.74, 6) is 0.890. The van der Waals surface area contributed by atoms with E-state index in [1.807, 2.05) is 12.1 Å². The van der Waals surface area contributed by atoms with E-state index in [4.69, 9.17) is 21.4 Å². The summed E-state index contributed by atoms with van der Waals surface area (Å²) in [5.41, 5.74) is 0. The molecule has 0 radical (unpaired) electrons. The largest absolute Gasteiger partial charge is 0.467 e. The second-order valence-electron chi connectivity index (χ2n) is 4.40. The number of nitrogens with zero attached hydrogens (tertiary/aromatic N) is 1. The summed E-state index contributed by atoms with van der Waals surface area (Å²) in [4.78, 5) is 2.15. The van der Waals surface area contributed by atoms with Crippen molar-refractivity contribution < 1.29 is 9.15 Å². The fourth-order valence-corrected chi connectivity index (χ4v) is 2.25. The van der Waals surface area contributed by atoms with Gasteiger partial charge in [0.2, 0.25) is 0 Å². The zero-order valence-corrected chi connectivity index (χ0v) is 11.0. The Morgan fingerprint density at radius 2 is 2.18 bits per heavy atom. The van der Waals surface area contributed by atoms with Crippen LogP contribution in [0.15, 0.2) is 22.8 Å². The lowest BCUT2D eigenvalue weighted by atomic mass is 10.2. The molecule has 0 saturated carbocycles. The maximum atomic E-state index is 5.67. The first-order chi connectivity index (χ1) is 8.15. The van der Waals surface area contributed by atoms with Crippen molar-refractivity contribution in [2.75, 3.05) is 13.1 Å². The van der Waals surface area contributed by atoms with Gasteiger partial charge in [0.05, 0.1) is 25.0 Å². The fourth-order valence-electron chi connectivity index (χ4n) is 2.03. The van der Waals surface area contributed by atoms with Crippen LogP contribution in [0, 0.1) is 0 Å². The van der Waals surface area contributed by atoms with Gasteiger partial charge in [0.25, 0.3) is 0 Å². The van der Waals surface area contributed by atoms with Gasteiger partial charge in [-0.3, -0.25) is 0 Å². The number of furan rings is 1. The molecule has 5 heteroatoms. The van der Waals surface area contributed by atoms with E-state index in [-0.39, 0.29) is 12.2 Å². The molecular formula is C12H18N2O2S. The molecule has 2 atom stereocenters. The van der Waals surface area contributed by atoms with Crippen LogP contribution in [0.1, 0.15) is 19.6 Å². The Morgan fingerprint density at radius 1 is 1.47 bits per heavy atom.